The number of hydrogen-bond acceptors (Lipinski definition) is 9. The van der Waals surface area contributed by atoms with Gasteiger partial charge in [-0.15, -0.1) is 0 Å². The molecule has 4 rings (SSSR count). The lowest BCUT2D eigenvalue weighted by Crippen LogP contribution is -2.09. The van der Waals surface area contributed by atoms with E-state index in [1.807, 2.05) is 0 Å². The molecular formula is C26H20O9. The van der Waals surface area contributed by atoms with Gasteiger partial charge in [-0.3, -0.25) is 4.79 Å². The normalized spacial score (nSPS) is 10.5. The molecule has 3 aromatic carbocycles. The van der Waals surface area contributed by atoms with Crippen LogP contribution >= 0.6 is 0 Å². The van der Waals surface area contributed by atoms with Gasteiger partial charge in [0.25, 0.3) is 0 Å². The topological polar surface area (TPSA) is 110 Å². The first kappa shape index (κ1) is 23.4. The Morgan fingerprint density at radius 1 is 0.714 bits per heavy atom. The van der Waals surface area contributed by atoms with Gasteiger partial charge in [-0.2, -0.15) is 0 Å². The molecule has 0 saturated carbocycles. The van der Waals surface area contributed by atoms with E-state index < -0.39 is 17.4 Å². The van der Waals surface area contributed by atoms with Crippen molar-refractivity contribution in [3.63, 3.8) is 0 Å². The number of rotatable bonds is 7. The van der Waals surface area contributed by atoms with E-state index in [4.69, 9.17) is 23.4 Å². The molecule has 4 aromatic rings. The summed E-state index contributed by atoms with van der Waals surface area (Å²) in [4.78, 5) is 37.0. The zero-order valence-electron chi connectivity index (χ0n) is 19.0. The molecule has 0 atom stereocenters. The van der Waals surface area contributed by atoms with Crippen LogP contribution in [0.4, 0.5) is 0 Å². The van der Waals surface area contributed by atoms with Crippen LogP contribution in [0.5, 0.6) is 28.7 Å². The molecule has 0 bridgehead atoms. The summed E-state index contributed by atoms with van der Waals surface area (Å²) in [5.41, 5.74) is 0.397. The Kier molecular flexibility index (Phi) is 6.68. The van der Waals surface area contributed by atoms with Crippen molar-refractivity contribution in [1.82, 2.24) is 0 Å². The summed E-state index contributed by atoms with van der Waals surface area (Å²) < 4.78 is 31.6. The van der Waals surface area contributed by atoms with Gasteiger partial charge in [0.2, 0.25) is 11.2 Å². The molecule has 178 valence electrons. The fourth-order valence-corrected chi connectivity index (χ4v) is 3.26. The zero-order valence-corrected chi connectivity index (χ0v) is 19.0. The molecule has 0 spiro atoms. The molecule has 0 fully saturated rings. The Balaban J connectivity index is 1.53. The van der Waals surface area contributed by atoms with E-state index in [-0.39, 0.29) is 28.0 Å². The van der Waals surface area contributed by atoms with Gasteiger partial charge < -0.3 is 28.1 Å². The molecule has 9 nitrogen and oxygen atoms in total. The molecule has 0 saturated heterocycles. The number of methoxy groups -OCH3 is 3. The predicted molar refractivity (Wildman–Crippen MR) is 125 cm³/mol. The number of carbonyl (C=O) groups is 2. The summed E-state index contributed by atoms with van der Waals surface area (Å²) in [6.07, 6.45) is 1.17. The molecule has 1 aromatic heterocycles. The first-order valence-corrected chi connectivity index (χ1v) is 10.3. The minimum Gasteiger partial charge on any atom is -0.493 e. The van der Waals surface area contributed by atoms with Crippen LogP contribution in [-0.2, 0) is 4.74 Å². The second kappa shape index (κ2) is 10.0. The van der Waals surface area contributed by atoms with Crippen molar-refractivity contribution in [2.45, 2.75) is 0 Å². The van der Waals surface area contributed by atoms with Crippen LogP contribution in [0.3, 0.4) is 0 Å². The van der Waals surface area contributed by atoms with Gasteiger partial charge in [-0.25, -0.2) is 9.59 Å². The summed E-state index contributed by atoms with van der Waals surface area (Å²) >= 11 is 0. The van der Waals surface area contributed by atoms with E-state index in [1.165, 1.54) is 76.1 Å². The maximum atomic E-state index is 12.8. The van der Waals surface area contributed by atoms with Crippen LogP contribution < -0.4 is 24.4 Å². The number of benzene rings is 3. The van der Waals surface area contributed by atoms with Crippen LogP contribution in [0.25, 0.3) is 11.0 Å². The van der Waals surface area contributed by atoms with Crippen molar-refractivity contribution in [3.8, 4) is 28.7 Å². The molecule has 0 aliphatic rings. The van der Waals surface area contributed by atoms with E-state index in [0.29, 0.717) is 22.8 Å². The Morgan fingerprint density at radius 2 is 1.40 bits per heavy atom. The monoisotopic (exact) mass is 476 g/mol. The molecule has 35 heavy (non-hydrogen) atoms. The highest BCUT2D eigenvalue weighted by molar-refractivity contribution is 5.92. The first-order valence-electron chi connectivity index (χ1n) is 10.3. The van der Waals surface area contributed by atoms with Crippen LogP contribution in [0.2, 0.25) is 0 Å². The summed E-state index contributed by atoms with van der Waals surface area (Å²) in [6.45, 7) is 0. The number of esters is 2. The molecule has 0 aliphatic carbocycles. The predicted octanol–water partition coefficient (Wildman–Crippen LogP) is 4.61. The van der Waals surface area contributed by atoms with Crippen molar-refractivity contribution in [2.24, 2.45) is 0 Å². The van der Waals surface area contributed by atoms with Crippen molar-refractivity contribution in [1.29, 1.82) is 0 Å². The SMILES string of the molecule is COC(=O)c1ccc(Oc2coc3cc(OC(=O)c4ccc(OC)c(OC)c4)ccc3c2=O)cc1. The summed E-state index contributed by atoms with van der Waals surface area (Å²) in [5.74, 6) is 0.246. The summed E-state index contributed by atoms with van der Waals surface area (Å²) in [7, 11) is 4.25. The van der Waals surface area contributed by atoms with Gasteiger partial charge >= 0.3 is 11.9 Å². The summed E-state index contributed by atoms with van der Waals surface area (Å²) in [5, 5.41) is 0.236. The third-order valence-corrected chi connectivity index (χ3v) is 5.05. The average molecular weight is 476 g/mol. The lowest BCUT2D eigenvalue weighted by Gasteiger charge is -2.10. The number of carbonyl (C=O) groups excluding carboxylic acids is 2. The van der Waals surface area contributed by atoms with E-state index in [9.17, 15) is 14.4 Å². The number of ether oxygens (including phenoxy) is 5. The minimum absolute atomic E-state index is 0.0432. The molecule has 0 aliphatic heterocycles. The maximum absolute atomic E-state index is 12.8. The molecule has 0 amide bonds. The van der Waals surface area contributed by atoms with Crippen molar-refractivity contribution in [2.75, 3.05) is 21.3 Å². The quantitative estimate of drug-likeness (QED) is 0.279. The fraction of sp³-hybridized carbons (Fsp3) is 0.115. The molecule has 1 heterocycles. The van der Waals surface area contributed by atoms with E-state index in [1.54, 1.807) is 12.1 Å². The highest BCUT2D eigenvalue weighted by atomic mass is 16.5. The fourth-order valence-electron chi connectivity index (χ4n) is 3.26. The van der Waals surface area contributed by atoms with Crippen molar-refractivity contribution >= 4 is 22.9 Å². The van der Waals surface area contributed by atoms with Crippen molar-refractivity contribution < 1.29 is 37.7 Å². The van der Waals surface area contributed by atoms with Gasteiger partial charge in [-0.05, 0) is 54.6 Å². The summed E-state index contributed by atoms with van der Waals surface area (Å²) in [6, 6.07) is 15.1. The highest BCUT2D eigenvalue weighted by Crippen LogP contribution is 2.29. The van der Waals surface area contributed by atoms with Crippen LogP contribution in [0.15, 0.2) is 76.1 Å². The van der Waals surface area contributed by atoms with Gasteiger partial charge in [-0.1, -0.05) is 0 Å². The smallest absolute Gasteiger partial charge is 0.343 e. The van der Waals surface area contributed by atoms with E-state index >= 15 is 0 Å². The molecular weight excluding hydrogens is 456 g/mol. The maximum Gasteiger partial charge on any atom is 0.343 e. The van der Waals surface area contributed by atoms with E-state index in [2.05, 4.69) is 4.74 Å². The Morgan fingerprint density at radius 3 is 2.09 bits per heavy atom. The second-order valence-electron chi connectivity index (χ2n) is 7.16. The highest BCUT2D eigenvalue weighted by Gasteiger charge is 2.15. The third-order valence-electron chi connectivity index (χ3n) is 5.05. The van der Waals surface area contributed by atoms with Crippen molar-refractivity contribution in [3.05, 3.63) is 88.3 Å². The Bertz CT molecular complexity index is 1450. The molecule has 0 unspecified atom stereocenters. The van der Waals surface area contributed by atoms with Gasteiger partial charge in [0.1, 0.15) is 23.3 Å². The minimum atomic E-state index is -0.622. The molecule has 0 radical (unpaired) electrons. The van der Waals surface area contributed by atoms with E-state index in [0.717, 1.165) is 0 Å². The molecule has 0 N–H and O–H groups in total. The average Bonchev–Trinajstić information content (AvgIpc) is 2.89. The third kappa shape index (κ3) is 4.93. The second-order valence-corrected chi connectivity index (χ2v) is 7.16. The lowest BCUT2D eigenvalue weighted by molar-refractivity contribution is 0.0600. The lowest BCUT2D eigenvalue weighted by atomic mass is 10.2. The zero-order chi connectivity index (χ0) is 24.9. The first-order chi connectivity index (χ1) is 16.9. The van der Waals surface area contributed by atoms with Crippen LogP contribution in [0, 0.1) is 0 Å². The van der Waals surface area contributed by atoms with Gasteiger partial charge in [0.15, 0.2) is 11.5 Å². The number of fused-ring (bicyclic) bond motifs is 1. The van der Waals surface area contributed by atoms with Gasteiger partial charge in [0, 0.05) is 6.07 Å². The Hall–Kier alpha value is -4.79. The Labute approximate surface area is 199 Å². The largest absolute Gasteiger partial charge is 0.493 e. The number of hydrogen-bond donors (Lipinski definition) is 0. The standard InChI is InChI=1S/C26H20O9/c1-30-20-11-6-16(12-22(20)31-2)26(29)35-18-9-10-19-21(13-18)33-14-23(24(19)27)34-17-7-4-15(5-8-17)25(28)32-3/h4-14H,1-3H3. The van der Waals surface area contributed by atoms with Crippen LogP contribution in [0.1, 0.15) is 20.7 Å². The molecule has 9 heteroatoms. The van der Waals surface area contributed by atoms with Crippen LogP contribution in [-0.4, -0.2) is 33.3 Å². The van der Waals surface area contributed by atoms with Gasteiger partial charge in [0.05, 0.1) is 37.8 Å².